The normalized spacial score (nSPS) is 19.2. The lowest BCUT2D eigenvalue weighted by Crippen LogP contribution is -2.50. The van der Waals surface area contributed by atoms with Gasteiger partial charge in [-0.2, -0.15) is 0 Å². The van der Waals surface area contributed by atoms with Gasteiger partial charge in [0.05, 0.1) is 18.5 Å². The highest BCUT2D eigenvalue weighted by Gasteiger charge is 2.31. The summed E-state index contributed by atoms with van der Waals surface area (Å²) in [4.78, 5) is 30.0. The maximum atomic E-state index is 13.1. The number of piperazine rings is 1. The summed E-state index contributed by atoms with van der Waals surface area (Å²) in [5.74, 6) is -0.0340. The Labute approximate surface area is 158 Å². The van der Waals surface area contributed by atoms with Crippen LogP contribution in [0.25, 0.3) is 0 Å². The van der Waals surface area contributed by atoms with Crippen molar-refractivity contribution in [3.63, 3.8) is 0 Å². The Kier molecular flexibility index (Phi) is 6.06. The van der Waals surface area contributed by atoms with E-state index in [1.54, 1.807) is 11.3 Å². The van der Waals surface area contributed by atoms with Gasteiger partial charge >= 0.3 is 0 Å². The van der Waals surface area contributed by atoms with Crippen molar-refractivity contribution in [1.82, 2.24) is 15.1 Å². The van der Waals surface area contributed by atoms with Crippen molar-refractivity contribution in [2.24, 2.45) is 0 Å². The zero-order valence-electron chi connectivity index (χ0n) is 15.2. The van der Waals surface area contributed by atoms with E-state index < -0.39 is 0 Å². The van der Waals surface area contributed by atoms with Crippen LogP contribution in [-0.4, -0.2) is 48.3 Å². The van der Waals surface area contributed by atoms with Crippen LogP contribution in [-0.2, 0) is 9.59 Å². The summed E-state index contributed by atoms with van der Waals surface area (Å²) < 4.78 is 0. The molecule has 1 aliphatic rings. The molecule has 0 spiro atoms. The average molecular weight is 372 g/mol. The molecule has 3 rings (SSSR count). The van der Waals surface area contributed by atoms with Gasteiger partial charge in [-0.25, -0.2) is 0 Å². The largest absolute Gasteiger partial charge is 0.348 e. The third kappa shape index (κ3) is 4.51. The summed E-state index contributed by atoms with van der Waals surface area (Å²) >= 11 is 1.57. The molecule has 0 saturated carbocycles. The number of carbonyl (C=O) groups is 2. The monoisotopic (exact) mass is 371 g/mol. The van der Waals surface area contributed by atoms with Crippen LogP contribution in [0, 0.1) is 0 Å². The molecule has 5 nitrogen and oxygen atoms in total. The summed E-state index contributed by atoms with van der Waals surface area (Å²) in [6, 6.07) is 13.9. The fourth-order valence-corrected chi connectivity index (χ4v) is 4.21. The summed E-state index contributed by atoms with van der Waals surface area (Å²) in [7, 11) is 2.09. The zero-order valence-corrected chi connectivity index (χ0v) is 16.0. The summed E-state index contributed by atoms with van der Waals surface area (Å²) in [6.07, 6.45) is 0.285. The second kappa shape index (κ2) is 8.47. The summed E-state index contributed by atoms with van der Waals surface area (Å²) in [6.45, 7) is 3.87. The first kappa shape index (κ1) is 18.6. The fraction of sp³-hybridized carbons (Fsp3) is 0.400. The van der Waals surface area contributed by atoms with Crippen LogP contribution < -0.4 is 5.32 Å². The highest BCUT2D eigenvalue weighted by atomic mass is 32.1. The van der Waals surface area contributed by atoms with Crippen molar-refractivity contribution in [3.8, 4) is 0 Å². The molecule has 2 aromatic rings. The molecule has 1 fully saturated rings. The molecule has 6 heteroatoms. The number of thiophene rings is 1. The van der Waals surface area contributed by atoms with E-state index in [-0.39, 0.29) is 30.3 Å². The second-order valence-electron chi connectivity index (χ2n) is 6.75. The number of nitrogens with one attached hydrogen (secondary N) is 1. The van der Waals surface area contributed by atoms with E-state index in [9.17, 15) is 9.59 Å². The molecule has 2 heterocycles. The Balaban J connectivity index is 1.78. The molecule has 1 saturated heterocycles. The summed E-state index contributed by atoms with van der Waals surface area (Å²) in [5.41, 5.74) is 1.15. The second-order valence-corrected chi connectivity index (χ2v) is 7.73. The van der Waals surface area contributed by atoms with Gasteiger partial charge in [-0.05, 0) is 24.1 Å². The number of rotatable bonds is 5. The molecule has 1 aliphatic heterocycles. The van der Waals surface area contributed by atoms with Gasteiger partial charge in [0, 0.05) is 31.4 Å². The van der Waals surface area contributed by atoms with Crippen molar-refractivity contribution >= 4 is 23.2 Å². The molecule has 0 aliphatic carbocycles. The molecule has 26 heavy (non-hydrogen) atoms. The van der Waals surface area contributed by atoms with Crippen molar-refractivity contribution < 1.29 is 9.59 Å². The van der Waals surface area contributed by atoms with Crippen LogP contribution in [0.15, 0.2) is 47.8 Å². The number of hydrogen-bond acceptors (Lipinski definition) is 4. The maximum Gasteiger partial charge on any atom is 0.225 e. The van der Waals surface area contributed by atoms with Crippen LogP contribution in [0.5, 0.6) is 0 Å². The lowest BCUT2D eigenvalue weighted by Gasteiger charge is -2.41. The molecule has 0 radical (unpaired) electrons. The van der Waals surface area contributed by atoms with Gasteiger partial charge in [-0.1, -0.05) is 36.4 Å². The van der Waals surface area contributed by atoms with E-state index in [1.807, 2.05) is 40.6 Å². The van der Waals surface area contributed by atoms with E-state index in [0.717, 1.165) is 23.5 Å². The molecular weight excluding hydrogens is 346 g/mol. The first-order chi connectivity index (χ1) is 12.5. The predicted molar refractivity (Wildman–Crippen MR) is 104 cm³/mol. The number of carbonyl (C=O) groups excluding carboxylic acids is 2. The van der Waals surface area contributed by atoms with Crippen LogP contribution in [0.1, 0.15) is 35.9 Å². The number of benzene rings is 1. The Hall–Kier alpha value is -2.18. The molecular formula is C20H25N3O2S. The van der Waals surface area contributed by atoms with Gasteiger partial charge < -0.3 is 15.1 Å². The van der Waals surface area contributed by atoms with Gasteiger partial charge in [-0.3, -0.25) is 9.59 Å². The summed E-state index contributed by atoms with van der Waals surface area (Å²) in [5, 5.41) is 4.90. The average Bonchev–Trinajstić information content (AvgIpc) is 3.16. The highest BCUT2D eigenvalue weighted by Crippen LogP contribution is 2.28. The SMILES string of the molecule is CC(=O)NC(CC(=O)N1CCN(C)CC1c1ccccc1)c1cccs1. The third-order valence-corrected chi connectivity index (χ3v) is 5.72. The minimum atomic E-state index is -0.268. The molecule has 2 unspecified atom stereocenters. The smallest absolute Gasteiger partial charge is 0.225 e. The van der Waals surface area contributed by atoms with E-state index in [2.05, 4.69) is 29.4 Å². The third-order valence-electron chi connectivity index (χ3n) is 4.73. The lowest BCUT2D eigenvalue weighted by molar-refractivity contribution is -0.136. The molecule has 1 aromatic heterocycles. The fourth-order valence-electron chi connectivity index (χ4n) is 3.43. The Morgan fingerprint density at radius 2 is 1.96 bits per heavy atom. The number of likely N-dealkylation sites (N-methyl/N-ethyl adjacent to an activating group) is 1. The molecule has 1 N–H and O–H groups in total. The van der Waals surface area contributed by atoms with Crippen LogP contribution in [0.4, 0.5) is 0 Å². The Morgan fingerprint density at radius 1 is 1.19 bits per heavy atom. The van der Waals surface area contributed by atoms with E-state index >= 15 is 0 Å². The van der Waals surface area contributed by atoms with Crippen molar-refractivity contribution in [3.05, 3.63) is 58.3 Å². The number of nitrogens with zero attached hydrogens (tertiary/aromatic N) is 2. The van der Waals surface area contributed by atoms with Crippen LogP contribution >= 0.6 is 11.3 Å². The molecule has 2 atom stereocenters. The highest BCUT2D eigenvalue weighted by molar-refractivity contribution is 7.10. The van der Waals surface area contributed by atoms with Crippen molar-refractivity contribution in [2.75, 3.05) is 26.7 Å². The lowest BCUT2D eigenvalue weighted by atomic mass is 10.0. The first-order valence-electron chi connectivity index (χ1n) is 8.88. The minimum Gasteiger partial charge on any atom is -0.348 e. The Morgan fingerprint density at radius 3 is 2.62 bits per heavy atom. The van der Waals surface area contributed by atoms with Crippen LogP contribution in [0.2, 0.25) is 0 Å². The molecule has 0 bridgehead atoms. The van der Waals surface area contributed by atoms with Gasteiger partial charge in [0.15, 0.2) is 0 Å². The van der Waals surface area contributed by atoms with Crippen LogP contribution in [0.3, 0.4) is 0 Å². The van der Waals surface area contributed by atoms with Crippen molar-refractivity contribution in [2.45, 2.75) is 25.4 Å². The van der Waals surface area contributed by atoms with Crippen molar-refractivity contribution in [1.29, 1.82) is 0 Å². The first-order valence-corrected chi connectivity index (χ1v) is 9.76. The minimum absolute atomic E-state index is 0.0452. The van der Waals surface area contributed by atoms with E-state index in [0.29, 0.717) is 6.54 Å². The Bertz CT molecular complexity index is 733. The predicted octanol–water partition coefficient (Wildman–Crippen LogP) is 2.83. The maximum absolute atomic E-state index is 13.1. The van der Waals surface area contributed by atoms with Gasteiger partial charge in [0.1, 0.15) is 0 Å². The van der Waals surface area contributed by atoms with E-state index in [1.165, 1.54) is 6.92 Å². The zero-order chi connectivity index (χ0) is 18.5. The molecule has 2 amide bonds. The van der Waals surface area contributed by atoms with Gasteiger partial charge in [0.25, 0.3) is 0 Å². The number of hydrogen-bond donors (Lipinski definition) is 1. The van der Waals surface area contributed by atoms with Gasteiger partial charge in [0.2, 0.25) is 11.8 Å². The molecule has 1 aromatic carbocycles. The van der Waals surface area contributed by atoms with E-state index in [4.69, 9.17) is 0 Å². The molecule has 138 valence electrons. The van der Waals surface area contributed by atoms with Gasteiger partial charge in [-0.15, -0.1) is 11.3 Å². The quantitative estimate of drug-likeness (QED) is 0.879. The standard InChI is InChI=1S/C20H25N3O2S/c1-15(24)21-17(19-9-6-12-26-19)13-20(25)23-11-10-22(2)14-18(23)16-7-4-3-5-8-16/h3-9,12,17-18H,10-11,13-14H2,1-2H3,(H,21,24). The number of amides is 2. The topological polar surface area (TPSA) is 52.7 Å².